The first kappa shape index (κ1) is 7.82. The van der Waals surface area contributed by atoms with Gasteiger partial charge in [0.1, 0.15) is 0 Å². The summed E-state index contributed by atoms with van der Waals surface area (Å²) in [6.45, 7) is 2.05. The molecule has 0 saturated heterocycles. The smallest absolute Gasteiger partial charge is 0.271 e. The maximum absolute atomic E-state index is 5.39. The first-order chi connectivity index (χ1) is 5.34. The van der Waals surface area contributed by atoms with Crippen molar-refractivity contribution in [2.24, 2.45) is 0 Å². The molecule has 4 nitrogen and oxygen atoms in total. The Hall–Kier alpha value is -1.28. The van der Waals surface area contributed by atoms with E-state index in [0.29, 0.717) is 18.3 Å². The van der Waals surface area contributed by atoms with Gasteiger partial charge in [0, 0.05) is 0 Å². The van der Waals surface area contributed by atoms with Crippen LogP contribution in [0.4, 0.5) is 5.82 Å². The van der Waals surface area contributed by atoms with Crippen LogP contribution in [0.15, 0.2) is 0 Å². The summed E-state index contributed by atoms with van der Waals surface area (Å²) in [6, 6.07) is 0. The molecule has 0 radical (unpaired) electrons. The fourth-order valence-corrected chi connectivity index (χ4v) is 0.891. The normalized spacial score (nSPS) is 8.45. The van der Waals surface area contributed by atoms with E-state index in [-0.39, 0.29) is 0 Å². The van der Waals surface area contributed by atoms with E-state index in [1.807, 2.05) is 0 Å². The first-order valence-electron chi connectivity index (χ1n) is 2.95. The Balaban J connectivity index is 2.48. The van der Waals surface area contributed by atoms with Gasteiger partial charge in [-0.05, 0) is 6.92 Å². The van der Waals surface area contributed by atoms with Gasteiger partial charge in [0.15, 0.2) is 6.61 Å². The summed E-state index contributed by atoms with van der Waals surface area (Å²) >= 11 is 1.03. The maximum Gasteiger partial charge on any atom is 0.271 e. The third-order valence-corrected chi connectivity index (χ3v) is 1.47. The van der Waals surface area contributed by atoms with Crippen molar-refractivity contribution in [2.45, 2.75) is 6.92 Å². The molecule has 0 amide bonds. The summed E-state index contributed by atoms with van der Waals surface area (Å²) in [7, 11) is 0. The van der Waals surface area contributed by atoms with Gasteiger partial charge in [0.2, 0.25) is 5.82 Å². The molecular formula is C6H7N3OS. The zero-order chi connectivity index (χ0) is 8.10. The molecule has 58 valence electrons. The van der Waals surface area contributed by atoms with E-state index in [2.05, 4.69) is 20.6 Å². The monoisotopic (exact) mass is 169 g/mol. The Morgan fingerprint density at radius 2 is 2.45 bits per heavy atom. The summed E-state index contributed by atoms with van der Waals surface area (Å²) in [4.78, 5) is 0. The largest absolute Gasteiger partial charge is 0.461 e. The zero-order valence-electron chi connectivity index (χ0n) is 6.00. The van der Waals surface area contributed by atoms with E-state index in [4.69, 9.17) is 10.5 Å². The minimum Gasteiger partial charge on any atom is -0.461 e. The molecule has 0 aliphatic heterocycles. The van der Waals surface area contributed by atoms with Crippen molar-refractivity contribution in [3.8, 4) is 17.7 Å². The number of aromatic nitrogens is 2. The number of ether oxygens (including phenoxy) is 1. The van der Waals surface area contributed by atoms with Gasteiger partial charge in [-0.15, -0.1) is 10.3 Å². The third kappa shape index (κ3) is 2.09. The highest BCUT2D eigenvalue weighted by atomic mass is 32.1. The van der Waals surface area contributed by atoms with Crippen molar-refractivity contribution in [2.75, 3.05) is 12.3 Å². The van der Waals surface area contributed by atoms with Crippen LogP contribution in [0, 0.1) is 11.8 Å². The number of hydrogen-bond acceptors (Lipinski definition) is 5. The number of rotatable bonds is 2. The molecule has 0 fully saturated rings. The molecule has 0 aliphatic carbocycles. The van der Waals surface area contributed by atoms with Gasteiger partial charge in [-0.3, -0.25) is 0 Å². The molecule has 0 aromatic carbocycles. The standard InChI is InChI=1S/C6H7N3OS/c1-2-3-4-10-6-5(7)8-11-9-6/h4H2,1H3,(H2,7,8). The van der Waals surface area contributed by atoms with Gasteiger partial charge >= 0.3 is 0 Å². The van der Waals surface area contributed by atoms with Gasteiger partial charge in [-0.1, -0.05) is 5.92 Å². The van der Waals surface area contributed by atoms with E-state index in [1.54, 1.807) is 6.92 Å². The van der Waals surface area contributed by atoms with Gasteiger partial charge in [-0.25, -0.2) is 0 Å². The predicted molar refractivity (Wildman–Crippen MR) is 43.3 cm³/mol. The van der Waals surface area contributed by atoms with Crippen LogP contribution in [-0.2, 0) is 0 Å². The van der Waals surface area contributed by atoms with Crippen LogP contribution in [0.1, 0.15) is 6.92 Å². The lowest BCUT2D eigenvalue weighted by atomic mass is 10.6. The Bertz CT molecular complexity index is 286. The van der Waals surface area contributed by atoms with E-state index in [1.165, 1.54) is 0 Å². The fraction of sp³-hybridized carbons (Fsp3) is 0.333. The third-order valence-electron chi connectivity index (χ3n) is 0.940. The van der Waals surface area contributed by atoms with E-state index in [9.17, 15) is 0 Å². The van der Waals surface area contributed by atoms with Crippen molar-refractivity contribution >= 4 is 17.5 Å². The average Bonchev–Trinajstić information content (AvgIpc) is 2.37. The molecule has 2 N–H and O–H groups in total. The van der Waals surface area contributed by atoms with Crippen LogP contribution in [0.3, 0.4) is 0 Å². The quantitative estimate of drug-likeness (QED) is 0.656. The van der Waals surface area contributed by atoms with Crippen molar-refractivity contribution in [3.63, 3.8) is 0 Å². The minimum atomic E-state index is 0.312. The van der Waals surface area contributed by atoms with Crippen LogP contribution in [0.25, 0.3) is 0 Å². The molecule has 0 unspecified atom stereocenters. The Kier molecular flexibility index (Phi) is 2.69. The zero-order valence-corrected chi connectivity index (χ0v) is 6.81. The molecule has 0 saturated carbocycles. The van der Waals surface area contributed by atoms with Gasteiger partial charge < -0.3 is 10.5 Å². The van der Waals surface area contributed by atoms with Crippen molar-refractivity contribution < 1.29 is 4.74 Å². The van der Waals surface area contributed by atoms with E-state index in [0.717, 1.165) is 11.7 Å². The highest BCUT2D eigenvalue weighted by molar-refractivity contribution is 6.99. The van der Waals surface area contributed by atoms with Crippen molar-refractivity contribution in [3.05, 3.63) is 0 Å². The number of hydrogen-bond donors (Lipinski definition) is 1. The molecular weight excluding hydrogens is 162 g/mol. The molecule has 1 rings (SSSR count). The van der Waals surface area contributed by atoms with Crippen LogP contribution in [0.2, 0.25) is 0 Å². The van der Waals surface area contributed by atoms with E-state index < -0.39 is 0 Å². The molecule has 11 heavy (non-hydrogen) atoms. The highest BCUT2D eigenvalue weighted by Crippen LogP contribution is 2.15. The second-order valence-corrected chi connectivity index (χ2v) is 2.20. The molecule has 5 heteroatoms. The minimum absolute atomic E-state index is 0.312. The van der Waals surface area contributed by atoms with Crippen LogP contribution >= 0.6 is 11.7 Å². The second-order valence-electron chi connectivity index (χ2n) is 1.67. The fourth-order valence-electron chi connectivity index (χ4n) is 0.464. The molecule has 0 aliphatic rings. The molecule has 1 heterocycles. The number of nitrogens with zero attached hydrogens (tertiary/aromatic N) is 2. The number of nitrogen functional groups attached to an aromatic ring is 1. The summed E-state index contributed by atoms with van der Waals surface area (Å²) in [5.41, 5.74) is 5.39. The number of anilines is 1. The molecule has 1 aromatic heterocycles. The van der Waals surface area contributed by atoms with Gasteiger partial charge in [0.25, 0.3) is 5.88 Å². The molecule has 1 aromatic rings. The Labute approximate surface area is 68.7 Å². The lowest BCUT2D eigenvalue weighted by Gasteiger charge is -1.94. The lowest BCUT2D eigenvalue weighted by molar-refractivity contribution is 0.361. The van der Waals surface area contributed by atoms with E-state index >= 15 is 0 Å². The summed E-state index contributed by atoms with van der Waals surface area (Å²) in [6.07, 6.45) is 0. The van der Waals surface area contributed by atoms with Crippen LogP contribution < -0.4 is 10.5 Å². The Morgan fingerprint density at radius 1 is 1.64 bits per heavy atom. The summed E-state index contributed by atoms with van der Waals surface area (Å²) < 4.78 is 12.6. The highest BCUT2D eigenvalue weighted by Gasteiger charge is 2.02. The van der Waals surface area contributed by atoms with Crippen molar-refractivity contribution in [1.29, 1.82) is 0 Å². The number of nitrogens with two attached hydrogens (primary N) is 1. The second kappa shape index (κ2) is 3.78. The van der Waals surface area contributed by atoms with Crippen LogP contribution in [0.5, 0.6) is 5.88 Å². The van der Waals surface area contributed by atoms with Gasteiger partial charge in [-0.2, -0.15) is 4.37 Å². The summed E-state index contributed by atoms with van der Waals surface area (Å²) in [5.74, 6) is 6.11. The lowest BCUT2D eigenvalue weighted by Crippen LogP contribution is -1.97. The Morgan fingerprint density at radius 3 is 3.00 bits per heavy atom. The summed E-state index contributed by atoms with van der Waals surface area (Å²) in [5, 5.41) is 0. The predicted octanol–water partition coefficient (Wildman–Crippen LogP) is 0.522. The molecule has 0 atom stereocenters. The maximum atomic E-state index is 5.39. The molecule has 0 bridgehead atoms. The van der Waals surface area contributed by atoms with Crippen molar-refractivity contribution in [1.82, 2.24) is 8.75 Å². The van der Waals surface area contributed by atoms with Gasteiger partial charge in [0.05, 0.1) is 11.7 Å². The van der Waals surface area contributed by atoms with Crippen LogP contribution in [-0.4, -0.2) is 15.4 Å². The topological polar surface area (TPSA) is 61.0 Å². The average molecular weight is 169 g/mol. The molecule has 0 spiro atoms. The first-order valence-corrected chi connectivity index (χ1v) is 3.68. The SMILES string of the molecule is CC#CCOc1nsnc1N.